The Kier molecular flexibility index (Phi) is 3.35. The number of nitrogen functional groups attached to an aromatic ring is 1. The molecule has 1 aromatic rings. The molecule has 1 saturated heterocycles. The van der Waals surface area contributed by atoms with E-state index in [-0.39, 0.29) is 11.8 Å². The second kappa shape index (κ2) is 4.62. The molecule has 1 amide bonds. The zero-order valence-electron chi connectivity index (χ0n) is 9.12. The number of carbonyl (C=O) groups is 1. The number of hydrogen-bond donors (Lipinski definition) is 2. The van der Waals surface area contributed by atoms with E-state index >= 15 is 0 Å². The van der Waals surface area contributed by atoms with Crippen molar-refractivity contribution in [2.24, 2.45) is 11.7 Å². The van der Waals surface area contributed by atoms with Crippen molar-refractivity contribution < 1.29 is 9.18 Å². The molecule has 0 aliphatic carbocycles. The van der Waals surface area contributed by atoms with Crippen LogP contribution in [0.15, 0.2) is 16.6 Å². The van der Waals surface area contributed by atoms with E-state index in [0.717, 1.165) is 0 Å². The fraction of sp³-hybridized carbons (Fsp3) is 0.364. The zero-order valence-corrected chi connectivity index (χ0v) is 10.7. The number of halogens is 2. The van der Waals surface area contributed by atoms with Gasteiger partial charge in [-0.05, 0) is 40.5 Å². The quantitative estimate of drug-likeness (QED) is 0.813. The highest BCUT2D eigenvalue weighted by Gasteiger charge is 2.31. The third kappa shape index (κ3) is 2.28. The van der Waals surface area contributed by atoms with Crippen LogP contribution in [0.25, 0.3) is 0 Å². The third-order valence-corrected chi connectivity index (χ3v) is 3.56. The number of amides is 1. The first kappa shape index (κ1) is 12.3. The first-order valence-corrected chi connectivity index (χ1v) is 6.07. The molecule has 2 rings (SSSR count). The molecule has 4 nitrogen and oxygen atoms in total. The van der Waals surface area contributed by atoms with E-state index in [9.17, 15) is 9.18 Å². The van der Waals surface area contributed by atoms with E-state index in [4.69, 9.17) is 11.5 Å². The predicted molar refractivity (Wildman–Crippen MR) is 68.0 cm³/mol. The van der Waals surface area contributed by atoms with Gasteiger partial charge in [0.1, 0.15) is 5.82 Å². The molecule has 0 bridgehead atoms. The van der Waals surface area contributed by atoms with Gasteiger partial charge >= 0.3 is 0 Å². The van der Waals surface area contributed by atoms with Crippen LogP contribution in [-0.2, 0) is 4.79 Å². The molecule has 1 fully saturated rings. The number of nitrogens with zero attached hydrogens (tertiary/aromatic N) is 1. The van der Waals surface area contributed by atoms with Crippen molar-refractivity contribution in [1.29, 1.82) is 0 Å². The van der Waals surface area contributed by atoms with E-state index in [1.54, 1.807) is 0 Å². The van der Waals surface area contributed by atoms with E-state index in [1.165, 1.54) is 17.0 Å². The highest BCUT2D eigenvalue weighted by molar-refractivity contribution is 9.10. The van der Waals surface area contributed by atoms with Crippen LogP contribution in [0.5, 0.6) is 0 Å². The SMILES string of the molecule is NCC1CC(=O)N(c2cc(F)cc(Br)c2N)C1. The summed E-state index contributed by atoms with van der Waals surface area (Å²) in [5, 5.41) is 0. The summed E-state index contributed by atoms with van der Waals surface area (Å²) in [5.41, 5.74) is 12.2. The van der Waals surface area contributed by atoms with Crippen molar-refractivity contribution >= 4 is 33.2 Å². The van der Waals surface area contributed by atoms with Crippen LogP contribution < -0.4 is 16.4 Å². The van der Waals surface area contributed by atoms with Gasteiger partial charge in [0.05, 0.1) is 11.4 Å². The Morgan fingerprint density at radius 2 is 2.24 bits per heavy atom. The van der Waals surface area contributed by atoms with Crippen molar-refractivity contribution in [3.05, 3.63) is 22.4 Å². The monoisotopic (exact) mass is 301 g/mol. The summed E-state index contributed by atoms with van der Waals surface area (Å²) < 4.78 is 13.8. The van der Waals surface area contributed by atoms with Crippen LogP contribution in [-0.4, -0.2) is 19.0 Å². The molecular formula is C11H13BrFN3O. The lowest BCUT2D eigenvalue weighted by atomic mass is 10.1. The average molecular weight is 302 g/mol. The normalized spacial score (nSPS) is 20.1. The summed E-state index contributed by atoms with van der Waals surface area (Å²) in [4.78, 5) is 13.3. The van der Waals surface area contributed by atoms with Gasteiger partial charge in [0.2, 0.25) is 5.91 Å². The lowest BCUT2D eigenvalue weighted by Crippen LogP contribution is -2.26. The summed E-state index contributed by atoms with van der Waals surface area (Å²) >= 11 is 3.17. The zero-order chi connectivity index (χ0) is 12.6. The van der Waals surface area contributed by atoms with Crippen molar-refractivity contribution in [3.63, 3.8) is 0 Å². The molecule has 0 spiro atoms. The molecule has 1 aliphatic rings. The molecule has 0 aromatic heterocycles. The second-order valence-electron chi connectivity index (χ2n) is 4.13. The van der Waals surface area contributed by atoms with Gasteiger partial charge in [0, 0.05) is 17.4 Å². The molecule has 0 radical (unpaired) electrons. The Labute approximate surface area is 107 Å². The number of carbonyl (C=O) groups excluding carboxylic acids is 1. The fourth-order valence-corrected chi connectivity index (χ4v) is 2.39. The van der Waals surface area contributed by atoms with Crippen molar-refractivity contribution in [2.45, 2.75) is 6.42 Å². The Balaban J connectivity index is 2.38. The van der Waals surface area contributed by atoms with Gasteiger partial charge in [-0.15, -0.1) is 0 Å². The molecule has 92 valence electrons. The van der Waals surface area contributed by atoms with Gasteiger partial charge < -0.3 is 16.4 Å². The van der Waals surface area contributed by atoms with E-state index in [1.807, 2.05) is 0 Å². The molecule has 1 heterocycles. The number of hydrogen-bond acceptors (Lipinski definition) is 3. The van der Waals surface area contributed by atoms with Gasteiger partial charge in [-0.25, -0.2) is 4.39 Å². The van der Waals surface area contributed by atoms with Crippen LogP contribution in [0.4, 0.5) is 15.8 Å². The Morgan fingerprint density at radius 1 is 1.53 bits per heavy atom. The van der Waals surface area contributed by atoms with Crippen molar-refractivity contribution in [2.75, 3.05) is 23.7 Å². The largest absolute Gasteiger partial charge is 0.396 e. The maximum atomic E-state index is 13.3. The first-order valence-electron chi connectivity index (χ1n) is 5.28. The third-order valence-electron chi connectivity index (χ3n) is 2.90. The van der Waals surface area contributed by atoms with Crippen molar-refractivity contribution in [3.8, 4) is 0 Å². The first-order chi connectivity index (χ1) is 8.02. The standard InChI is InChI=1S/C11H13BrFN3O/c12-8-2-7(13)3-9(11(8)15)16-5-6(4-14)1-10(16)17/h2-3,6H,1,4-5,14-15H2. The smallest absolute Gasteiger partial charge is 0.227 e. The minimum absolute atomic E-state index is 0.0651. The van der Waals surface area contributed by atoms with Crippen LogP contribution >= 0.6 is 15.9 Å². The molecule has 1 aromatic carbocycles. The van der Waals surface area contributed by atoms with E-state index < -0.39 is 5.82 Å². The molecular weight excluding hydrogens is 289 g/mol. The highest BCUT2D eigenvalue weighted by atomic mass is 79.9. The lowest BCUT2D eigenvalue weighted by molar-refractivity contribution is -0.117. The molecule has 1 unspecified atom stereocenters. The summed E-state index contributed by atoms with van der Waals surface area (Å²) in [6, 6.07) is 2.55. The molecule has 1 atom stereocenters. The summed E-state index contributed by atoms with van der Waals surface area (Å²) in [5.74, 6) is -0.376. The van der Waals surface area contributed by atoms with Gasteiger partial charge in [0.15, 0.2) is 0 Å². The fourth-order valence-electron chi connectivity index (χ4n) is 1.97. The number of nitrogens with two attached hydrogens (primary N) is 2. The highest BCUT2D eigenvalue weighted by Crippen LogP contribution is 2.35. The maximum Gasteiger partial charge on any atom is 0.227 e. The van der Waals surface area contributed by atoms with Crippen molar-refractivity contribution in [1.82, 2.24) is 0 Å². The van der Waals surface area contributed by atoms with Crippen LogP contribution in [0.3, 0.4) is 0 Å². The number of rotatable bonds is 2. The minimum Gasteiger partial charge on any atom is -0.396 e. The molecule has 17 heavy (non-hydrogen) atoms. The maximum absolute atomic E-state index is 13.3. The molecule has 4 N–H and O–H groups in total. The predicted octanol–water partition coefficient (Wildman–Crippen LogP) is 1.48. The summed E-state index contributed by atoms with van der Waals surface area (Å²) in [6.45, 7) is 0.939. The lowest BCUT2D eigenvalue weighted by Gasteiger charge is -2.19. The second-order valence-corrected chi connectivity index (χ2v) is 4.98. The van der Waals surface area contributed by atoms with E-state index in [2.05, 4.69) is 15.9 Å². The molecule has 0 saturated carbocycles. The number of benzene rings is 1. The van der Waals surface area contributed by atoms with Gasteiger partial charge in [-0.2, -0.15) is 0 Å². The van der Waals surface area contributed by atoms with Gasteiger partial charge in [-0.1, -0.05) is 0 Å². The summed E-state index contributed by atoms with van der Waals surface area (Å²) in [7, 11) is 0. The van der Waals surface area contributed by atoms with Crippen LogP contribution in [0.2, 0.25) is 0 Å². The topological polar surface area (TPSA) is 72.4 Å². The van der Waals surface area contributed by atoms with Crippen LogP contribution in [0.1, 0.15) is 6.42 Å². The number of anilines is 2. The average Bonchev–Trinajstić information content (AvgIpc) is 2.65. The molecule has 6 heteroatoms. The van der Waals surface area contributed by atoms with E-state index in [0.29, 0.717) is 35.4 Å². The van der Waals surface area contributed by atoms with Gasteiger partial charge in [0.25, 0.3) is 0 Å². The summed E-state index contributed by atoms with van der Waals surface area (Å²) in [6.07, 6.45) is 0.393. The Bertz CT molecular complexity index is 466. The Morgan fingerprint density at radius 3 is 2.82 bits per heavy atom. The Hall–Kier alpha value is -1.14. The van der Waals surface area contributed by atoms with Gasteiger partial charge in [-0.3, -0.25) is 4.79 Å². The van der Waals surface area contributed by atoms with Crippen LogP contribution in [0, 0.1) is 11.7 Å². The minimum atomic E-state index is -0.426. The molecule has 1 aliphatic heterocycles.